The number of nitrogens with zero attached hydrogens (tertiary/aromatic N) is 1. The number of aromatic nitrogens is 1. The molecule has 0 bridgehead atoms. The Balaban J connectivity index is 2.20. The van der Waals surface area contributed by atoms with Crippen LogP contribution in [0.1, 0.15) is 5.69 Å². The molecule has 0 amide bonds. The molecule has 0 atom stereocenters. The number of hydrogen-bond donors (Lipinski definition) is 1. The van der Waals surface area contributed by atoms with Crippen molar-refractivity contribution in [3.63, 3.8) is 0 Å². The normalized spacial score (nSPS) is 10.4. The maximum atomic E-state index is 5.92. The van der Waals surface area contributed by atoms with Gasteiger partial charge in [0, 0.05) is 27.6 Å². The van der Waals surface area contributed by atoms with Crippen molar-refractivity contribution < 1.29 is 0 Å². The number of halogens is 1. The summed E-state index contributed by atoms with van der Waals surface area (Å²) in [6.45, 7) is 0.462. The van der Waals surface area contributed by atoms with Gasteiger partial charge in [0.15, 0.2) is 0 Å². The fourth-order valence-electron chi connectivity index (χ4n) is 1.30. The summed E-state index contributed by atoms with van der Waals surface area (Å²) in [7, 11) is 0. The lowest BCUT2D eigenvalue weighted by atomic mass is 10.3. The van der Waals surface area contributed by atoms with Gasteiger partial charge < -0.3 is 5.73 Å². The smallest absolute Gasteiger partial charge is 0.0550 e. The van der Waals surface area contributed by atoms with E-state index in [1.807, 2.05) is 36.4 Å². The third-order valence-corrected chi connectivity index (χ3v) is 3.24. The molecule has 2 N–H and O–H groups in total. The van der Waals surface area contributed by atoms with E-state index in [-0.39, 0.29) is 0 Å². The van der Waals surface area contributed by atoms with E-state index in [9.17, 15) is 0 Å². The summed E-state index contributed by atoms with van der Waals surface area (Å²) in [5.74, 6) is 0. The minimum Gasteiger partial charge on any atom is -0.325 e. The zero-order valence-electron chi connectivity index (χ0n) is 8.56. The highest BCUT2D eigenvalue weighted by Crippen LogP contribution is 2.29. The van der Waals surface area contributed by atoms with Gasteiger partial charge in [-0.25, -0.2) is 0 Å². The van der Waals surface area contributed by atoms with E-state index in [0.29, 0.717) is 6.54 Å². The highest BCUT2D eigenvalue weighted by Gasteiger charge is 1.99. The quantitative estimate of drug-likeness (QED) is 0.908. The molecule has 2 nitrogen and oxygen atoms in total. The van der Waals surface area contributed by atoms with Gasteiger partial charge in [0.1, 0.15) is 0 Å². The lowest BCUT2D eigenvalue weighted by Crippen LogP contribution is -1.98. The number of rotatable bonds is 3. The Kier molecular flexibility index (Phi) is 3.83. The van der Waals surface area contributed by atoms with E-state index < -0.39 is 0 Å². The molecule has 2 aromatic rings. The third-order valence-electron chi connectivity index (χ3n) is 2.03. The van der Waals surface area contributed by atoms with Crippen molar-refractivity contribution in [3.8, 4) is 0 Å². The van der Waals surface area contributed by atoms with Gasteiger partial charge in [-0.3, -0.25) is 4.98 Å². The molecule has 1 heterocycles. The van der Waals surface area contributed by atoms with Gasteiger partial charge in [0.25, 0.3) is 0 Å². The van der Waals surface area contributed by atoms with Crippen molar-refractivity contribution in [1.29, 1.82) is 0 Å². The molecule has 1 aromatic heterocycles. The van der Waals surface area contributed by atoms with Crippen LogP contribution in [0.5, 0.6) is 0 Å². The highest BCUT2D eigenvalue weighted by atomic mass is 35.5. The monoisotopic (exact) mass is 250 g/mol. The standard InChI is InChI=1S/C12H11ClN2S/c13-9-2-1-3-11(6-9)16-12-4-5-15-10(7-12)8-14/h1-7H,8,14H2. The summed E-state index contributed by atoms with van der Waals surface area (Å²) < 4.78 is 0. The Hall–Kier alpha value is -1.03. The largest absolute Gasteiger partial charge is 0.325 e. The predicted octanol–water partition coefficient (Wildman–Crippen LogP) is 3.34. The molecule has 0 aliphatic rings. The SMILES string of the molecule is NCc1cc(Sc2cccc(Cl)c2)ccn1. The van der Waals surface area contributed by atoms with Crippen LogP contribution in [0.2, 0.25) is 5.02 Å². The average molecular weight is 251 g/mol. The van der Waals surface area contributed by atoms with E-state index in [1.54, 1.807) is 18.0 Å². The number of benzene rings is 1. The van der Waals surface area contributed by atoms with Crippen LogP contribution < -0.4 is 5.73 Å². The molecule has 0 saturated heterocycles. The molecule has 0 saturated carbocycles. The Bertz CT molecular complexity index is 488. The first-order valence-electron chi connectivity index (χ1n) is 4.86. The summed E-state index contributed by atoms with van der Waals surface area (Å²) in [4.78, 5) is 6.39. The van der Waals surface area contributed by atoms with Crippen molar-refractivity contribution in [2.75, 3.05) is 0 Å². The first-order chi connectivity index (χ1) is 7.78. The van der Waals surface area contributed by atoms with Crippen LogP contribution in [0.15, 0.2) is 52.4 Å². The van der Waals surface area contributed by atoms with Crippen LogP contribution in [-0.2, 0) is 6.54 Å². The van der Waals surface area contributed by atoms with Gasteiger partial charge >= 0.3 is 0 Å². The predicted molar refractivity (Wildman–Crippen MR) is 67.7 cm³/mol. The van der Waals surface area contributed by atoms with Gasteiger partial charge in [0.05, 0.1) is 5.69 Å². The van der Waals surface area contributed by atoms with Gasteiger partial charge in [-0.2, -0.15) is 0 Å². The fourth-order valence-corrected chi connectivity index (χ4v) is 2.48. The molecule has 2 rings (SSSR count). The molecule has 16 heavy (non-hydrogen) atoms. The summed E-state index contributed by atoms with van der Waals surface area (Å²) in [5, 5.41) is 0.748. The fraction of sp³-hybridized carbons (Fsp3) is 0.0833. The molecule has 0 unspecified atom stereocenters. The van der Waals surface area contributed by atoms with Crippen LogP contribution >= 0.6 is 23.4 Å². The maximum Gasteiger partial charge on any atom is 0.0550 e. The first-order valence-corrected chi connectivity index (χ1v) is 6.06. The molecule has 4 heteroatoms. The number of nitrogens with two attached hydrogens (primary N) is 1. The minimum atomic E-state index is 0.462. The van der Waals surface area contributed by atoms with E-state index in [0.717, 1.165) is 20.5 Å². The van der Waals surface area contributed by atoms with Crippen LogP contribution in [0.4, 0.5) is 0 Å². The molecule has 0 fully saturated rings. The third kappa shape index (κ3) is 2.98. The lowest BCUT2D eigenvalue weighted by molar-refractivity contribution is 0.976. The Morgan fingerprint density at radius 1 is 1.19 bits per heavy atom. The molecule has 0 radical (unpaired) electrons. The Morgan fingerprint density at radius 3 is 2.75 bits per heavy atom. The maximum absolute atomic E-state index is 5.92. The summed E-state index contributed by atoms with van der Waals surface area (Å²) in [6, 6.07) is 11.7. The second-order valence-electron chi connectivity index (χ2n) is 3.25. The van der Waals surface area contributed by atoms with Crippen LogP contribution in [0.25, 0.3) is 0 Å². The molecule has 1 aromatic carbocycles. The van der Waals surface area contributed by atoms with Crippen molar-refractivity contribution in [3.05, 3.63) is 53.3 Å². The van der Waals surface area contributed by atoms with Crippen molar-refractivity contribution >= 4 is 23.4 Å². The van der Waals surface area contributed by atoms with Gasteiger partial charge in [-0.05, 0) is 30.3 Å². The van der Waals surface area contributed by atoms with E-state index in [1.165, 1.54) is 0 Å². The van der Waals surface area contributed by atoms with Gasteiger partial charge in [-0.1, -0.05) is 29.4 Å². The second-order valence-corrected chi connectivity index (χ2v) is 4.83. The lowest BCUT2D eigenvalue weighted by Gasteiger charge is -2.03. The van der Waals surface area contributed by atoms with Crippen molar-refractivity contribution in [1.82, 2.24) is 4.98 Å². The minimum absolute atomic E-state index is 0.462. The van der Waals surface area contributed by atoms with Crippen molar-refractivity contribution in [2.45, 2.75) is 16.3 Å². The summed E-state index contributed by atoms with van der Waals surface area (Å²) in [6.07, 6.45) is 1.77. The Morgan fingerprint density at radius 2 is 2.00 bits per heavy atom. The highest BCUT2D eigenvalue weighted by molar-refractivity contribution is 7.99. The summed E-state index contributed by atoms with van der Waals surface area (Å²) >= 11 is 7.58. The number of pyridine rings is 1. The van der Waals surface area contributed by atoms with E-state index >= 15 is 0 Å². The van der Waals surface area contributed by atoms with Crippen LogP contribution in [0.3, 0.4) is 0 Å². The second kappa shape index (κ2) is 5.34. The molecular formula is C12H11ClN2S. The van der Waals surface area contributed by atoms with Crippen LogP contribution in [-0.4, -0.2) is 4.98 Å². The summed E-state index contributed by atoms with van der Waals surface area (Å²) in [5.41, 5.74) is 6.44. The van der Waals surface area contributed by atoms with Crippen LogP contribution in [0, 0.1) is 0 Å². The Labute approximate surface area is 104 Å². The zero-order chi connectivity index (χ0) is 11.4. The first kappa shape index (κ1) is 11.5. The zero-order valence-corrected chi connectivity index (χ0v) is 10.1. The molecule has 82 valence electrons. The van der Waals surface area contributed by atoms with E-state index in [4.69, 9.17) is 17.3 Å². The number of hydrogen-bond acceptors (Lipinski definition) is 3. The molecular weight excluding hydrogens is 240 g/mol. The molecule has 0 aliphatic heterocycles. The topological polar surface area (TPSA) is 38.9 Å². The van der Waals surface area contributed by atoms with E-state index in [2.05, 4.69) is 4.98 Å². The van der Waals surface area contributed by atoms with Crippen molar-refractivity contribution in [2.24, 2.45) is 5.73 Å². The van der Waals surface area contributed by atoms with Gasteiger partial charge in [-0.15, -0.1) is 0 Å². The van der Waals surface area contributed by atoms with Gasteiger partial charge in [0.2, 0.25) is 0 Å². The average Bonchev–Trinajstić information content (AvgIpc) is 2.29. The molecule has 0 spiro atoms. The molecule has 0 aliphatic carbocycles.